The average Bonchev–Trinajstić information content (AvgIpc) is 2.28. The molecule has 17 heavy (non-hydrogen) atoms. The van der Waals surface area contributed by atoms with Crippen LogP contribution in [0.1, 0.15) is 19.4 Å². The quantitative estimate of drug-likeness (QED) is 0.648. The zero-order valence-electron chi connectivity index (χ0n) is 9.81. The van der Waals surface area contributed by atoms with Gasteiger partial charge in [-0.05, 0) is 25.1 Å². The molecule has 0 amide bonds. The van der Waals surface area contributed by atoms with Crippen molar-refractivity contribution in [2.75, 3.05) is 6.54 Å². The Morgan fingerprint density at radius 2 is 2.29 bits per heavy atom. The van der Waals surface area contributed by atoms with E-state index in [1.54, 1.807) is 6.07 Å². The number of nitrogens with zero attached hydrogens (tertiary/aromatic N) is 1. The highest BCUT2D eigenvalue weighted by molar-refractivity contribution is 6.32. The van der Waals surface area contributed by atoms with E-state index >= 15 is 0 Å². The molecule has 0 aliphatic carbocycles. The lowest BCUT2D eigenvalue weighted by molar-refractivity contribution is -0.384. The molecule has 0 fully saturated rings. The van der Waals surface area contributed by atoms with Crippen LogP contribution in [0.3, 0.4) is 0 Å². The van der Waals surface area contributed by atoms with Crippen LogP contribution in [-0.4, -0.2) is 17.5 Å². The monoisotopic (exact) mass is 254 g/mol. The summed E-state index contributed by atoms with van der Waals surface area (Å²) in [5.74, 6) is 0. The van der Waals surface area contributed by atoms with Crippen molar-refractivity contribution in [3.8, 4) is 0 Å². The van der Waals surface area contributed by atoms with Crippen LogP contribution in [0.25, 0.3) is 6.08 Å². The zero-order valence-corrected chi connectivity index (χ0v) is 10.6. The Bertz CT molecular complexity index is 433. The smallest absolute Gasteiger partial charge is 0.288 e. The largest absolute Gasteiger partial charge is 0.311 e. The van der Waals surface area contributed by atoms with E-state index in [-0.39, 0.29) is 16.8 Å². The summed E-state index contributed by atoms with van der Waals surface area (Å²) in [6.45, 7) is 4.92. The SMILES string of the molecule is CCNC(C)/C=C/c1ccc(Cl)c([N+](=O)[O-])c1. The van der Waals surface area contributed by atoms with Crippen molar-refractivity contribution in [3.63, 3.8) is 0 Å². The predicted molar refractivity (Wildman–Crippen MR) is 70.3 cm³/mol. The van der Waals surface area contributed by atoms with Crippen LogP contribution < -0.4 is 5.32 Å². The van der Waals surface area contributed by atoms with Crippen molar-refractivity contribution in [2.45, 2.75) is 19.9 Å². The summed E-state index contributed by atoms with van der Waals surface area (Å²) in [4.78, 5) is 10.2. The average molecular weight is 255 g/mol. The Morgan fingerprint density at radius 3 is 2.88 bits per heavy atom. The van der Waals surface area contributed by atoms with Crippen LogP contribution in [0.4, 0.5) is 5.69 Å². The van der Waals surface area contributed by atoms with Gasteiger partial charge in [0.1, 0.15) is 5.02 Å². The molecule has 1 rings (SSSR count). The van der Waals surface area contributed by atoms with E-state index in [2.05, 4.69) is 5.32 Å². The van der Waals surface area contributed by atoms with Gasteiger partial charge in [-0.3, -0.25) is 10.1 Å². The standard InChI is InChI=1S/C12H15ClN2O2/c1-3-14-9(2)4-5-10-6-7-11(13)12(8-10)15(16)17/h4-9,14H,3H2,1-2H3/b5-4+. The first kappa shape index (κ1) is 13.7. The highest BCUT2D eigenvalue weighted by Crippen LogP contribution is 2.25. The maximum Gasteiger partial charge on any atom is 0.288 e. The summed E-state index contributed by atoms with van der Waals surface area (Å²) in [6, 6.07) is 4.99. The van der Waals surface area contributed by atoms with Gasteiger partial charge in [0.15, 0.2) is 0 Å². The minimum absolute atomic E-state index is 0.0649. The summed E-state index contributed by atoms with van der Waals surface area (Å²) in [7, 11) is 0. The van der Waals surface area contributed by atoms with Crippen molar-refractivity contribution in [2.24, 2.45) is 0 Å². The second-order valence-electron chi connectivity index (χ2n) is 3.67. The number of rotatable bonds is 5. The molecule has 4 nitrogen and oxygen atoms in total. The van der Waals surface area contributed by atoms with Gasteiger partial charge < -0.3 is 5.32 Å². The number of nitro groups is 1. The van der Waals surface area contributed by atoms with E-state index < -0.39 is 4.92 Å². The van der Waals surface area contributed by atoms with Crippen LogP contribution in [0.2, 0.25) is 5.02 Å². The van der Waals surface area contributed by atoms with Gasteiger partial charge in [0.2, 0.25) is 0 Å². The van der Waals surface area contributed by atoms with E-state index in [1.165, 1.54) is 12.1 Å². The fourth-order valence-corrected chi connectivity index (χ4v) is 1.61. The van der Waals surface area contributed by atoms with Crippen molar-refractivity contribution in [3.05, 3.63) is 45.0 Å². The number of halogens is 1. The Kier molecular flexibility index (Phi) is 5.12. The van der Waals surface area contributed by atoms with Crippen LogP contribution in [0.5, 0.6) is 0 Å². The van der Waals surface area contributed by atoms with E-state index in [4.69, 9.17) is 11.6 Å². The molecule has 1 N–H and O–H groups in total. The van der Waals surface area contributed by atoms with E-state index in [9.17, 15) is 10.1 Å². The molecule has 5 heteroatoms. The molecule has 92 valence electrons. The van der Waals surface area contributed by atoms with Gasteiger partial charge in [0.05, 0.1) is 4.92 Å². The first-order valence-corrected chi connectivity index (χ1v) is 5.78. The molecule has 0 aliphatic rings. The van der Waals surface area contributed by atoms with Crippen molar-refractivity contribution < 1.29 is 4.92 Å². The number of nitrogens with one attached hydrogen (secondary N) is 1. The van der Waals surface area contributed by atoms with Gasteiger partial charge in [-0.15, -0.1) is 0 Å². The summed E-state index contributed by atoms with van der Waals surface area (Å²) >= 11 is 5.73. The lowest BCUT2D eigenvalue weighted by Gasteiger charge is -2.05. The second kappa shape index (κ2) is 6.37. The highest BCUT2D eigenvalue weighted by Gasteiger charge is 2.11. The Morgan fingerprint density at radius 1 is 1.59 bits per heavy atom. The molecular weight excluding hydrogens is 240 g/mol. The number of hydrogen-bond donors (Lipinski definition) is 1. The Balaban J connectivity index is 2.86. The van der Waals surface area contributed by atoms with Crippen molar-refractivity contribution >= 4 is 23.4 Å². The minimum atomic E-state index is -0.479. The first-order chi connectivity index (χ1) is 8.04. The minimum Gasteiger partial charge on any atom is -0.311 e. The number of hydrogen-bond acceptors (Lipinski definition) is 3. The maximum absolute atomic E-state index is 10.7. The molecule has 0 aromatic heterocycles. The van der Waals surface area contributed by atoms with Gasteiger partial charge in [-0.1, -0.05) is 36.7 Å². The lowest BCUT2D eigenvalue weighted by Crippen LogP contribution is -2.22. The number of likely N-dealkylation sites (N-methyl/N-ethyl adjacent to an activating group) is 1. The summed E-state index contributed by atoms with van der Waals surface area (Å²) in [5, 5.41) is 14.1. The predicted octanol–water partition coefficient (Wildman–Crippen LogP) is 3.26. The summed E-state index contributed by atoms with van der Waals surface area (Å²) in [6.07, 6.45) is 3.80. The fourth-order valence-electron chi connectivity index (χ4n) is 1.42. The molecule has 1 aromatic rings. The third-order valence-corrected chi connectivity index (χ3v) is 2.59. The number of nitro benzene ring substituents is 1. The molecular formula is C12H15ClN2O2. The molecule has 0 aliphatic heterocycles. The van der Waals surface area contributed by atoms with Gasteiger partial charge in [-0.25, -0.2) is 0 Å². The molecule has 0 spiro atoms. The van der Waals surface area contributed by atoms with E-state index in [1.807, 2.05) is 26.0 Å². The fraction of sp³-hybridized carbons (Fsp3) is 0.333. The van der Waals surface area contributed by atoms with Crippen molar-refractivity contribution in [1.29, 1.82) is 0 Å². The second-order valence-corrected chi connectivity index (χ2v) is 4.08. The molecule has 0 radical (unpaired) electrons. The maximum atomic E-state index is 10.7. The molecule has 0 saturated carbocycles. The zero-order chi connectivity index (χ0) is 12.8. The van der Waals surface area contributed by atoms with E-state index in [0.717, 1.165) is 12.1 Å². The molecule has 1 atom stereocenters. The normalized spacial score (nSPS) is 12.9. The summed E-state index contributed by atoms with van der Waals surface area (Å²) in [5.41, 5.74) is 0.704. The van der Waals surface area contributed by atoms with Crippen LogP contribution in [-0.2, 0) is 0 Å². The van der Waals surface area contributed by atoms with Gasteiger partial charge >= 0.3 is 0 Å². The van der Waals surface area contributed by atoms with Gasteiger partial charge in [0.25, 0.3) is 5.69 Å². The third-order valence-electron chi connectivity index (χ3n) is 2.27. The van der Waals surface area contributed by atoms with Crippen molar-refractivity contribution in [1.82, 2.24) is 5.32 Å². The molecule has 0 heterocycles. The van der Waals surface area contributed by atoms with Crippen LogP contribution in [0.15, 0.2) is 24.3 Å². The number of benzene rings is 1. The lowest BCUT2D eigenvalue weighted by atomic mass is 10.1. The Hall–Kier alpha value is -1.39. The molecule has 0 saturated heterocycles. The molecule has 1 unspecified atom stereocenters. The third kappa shape index (κ3) is 4.17. The van der Waals surface area contributed by atoms with Gasteiger partial charge in [0, 0.05) is 12.1 Å². The van der Waals surface area contributed by atoms with Crippen LogP contribution in [0, 0.1) is 10.1 Å². The van der Waals surface area contributed by atoms with E-state index in [0.29, 0.717) is 0 Å². The Labute approximate surface area is 105 Å². The van der Waals surface area contributed by atoms with Gasteiger partial charge in [-0.2, -0.15) is 0 Å². The molecule has 1 aromatic carbocycles. The topological polar surface area (TPSA) is 55.2 Å². The first-order valence-electron chi connectivity index (χ1n) is 5.40. The van der Waals surface area contributed by atoms with Crippen LogP contribution >= 0.6 is 11.6 Å². The highest BCUT2D eigenvalue weighted by atomic mass is 35.5. The molecule has 0 bridgehead atoms. The summed E-state index contributed by atoms with van der Waals surface area (Å²) < 4.78 is 0.